The Morgan fingerprint density at radius 1 is 1.18 bits per heavy atom. The van der Waals surface area contributed by atoms with E-state index in [1.54, 1.807) is 13.2 Å². The van der Waals surface area contributed by atoms with Crippen LogP contribution in [0.1, 0.15) is 28.3 Å². The van der Waals surface area contributed by atoms with Crippen molar-refractivity contribution in [3.05, 3.63) is 34.4 Å². The number of hydrogen-bond acceptors (Lipinski definition) is 10. The number of fused-ring (bicyclic) bond motifs is 1. The van der Waals surface area contributed by atoms with Crippen LogP contribution in [0.3, 0.4) is 0 Å². The quantitative estimate of drug-likeness (QED) is 0.455. The lowest BCUT2D eigenvalue weighted by Crippen LogP contribution is -2.32. The molecule has 10 nitrogen and oxygen atoms in total. The molecule has 10 heteroatoms. The van der Waals surface area contributed by atoms with Crippen LogP contribution in [0.5, 0.6) is 11.5 Å². The molecule has 1 aromatic heterocycles. The average molecular weight is 378 g/mol. The van der Waals surface area contributed by atoms with Gasteiger partial charge in [0.05, 0.1) is 19.9 Å². The van der Waals surface area contributed by atoms with Crippen molar-refractivity contribution in [3.63, 3.8) is 0 Å². The second kappa shape index (κ2) is 7.21. The lowest BCUT2D eigenvalue weighted by atomic mass is 9.93. The maximum absolute atomic E-state index is 9.41. The molecule has 6 N–H and O–H groups in total. The predicted octanol–water partition coefficient (Wildman–Crippen LogP) is 1.38. The number of rotatable bonds is 3. The lowest BCUT2D eigenvalue weighted by molar-refractivity contribution is 0.395. The summed E-state index contributed by atoms with van der Waals surface area (Å²) in [6, 6.07) is 4.85. The first kappa shape index (κ1) is 18.6. The summed E-state index contributed by atoms with van der Waals surface area (Å²) in [5, 5.41) is 23.7. The molecule has 1 aliphatic rings. The topological polar surface area (TPSA) is 167 Å². The van der Waals surface area contributed by atoms with Gasteiger partial charge in [0.2, 0.25) is 5.96 Å². The molecule has 1 atom stereocenters. The number of nitrogens with two attached hydrogens (primary N) is 2. The number of aryl methyl sites for hydroxylation is 1. The molecule has 0 saturated carbocycles. The van der Waals surface area contributed by atoms with E-state index >= 15 is 0 Å². The molecule has 1 unspecified atom stereocenters. The Morgan fingerprint density at radius 2 is 1.89 bits per heavy atom. The number of methoxy groups -OCH3 is 2. The van der Waals surface area contributed by atoms with E-state index < -0.39 is 6.04 Å². The zero-order valence-corrected chi connectivity index (χ0v) is 15.5. The van der Waals surface area contributed by atoms with Gasteiger partial charge in [0, 0.05) is 11.1 Å². The fourth-order valence-corrected chi connectivity index (χ4v) is 3.09. The molecular formula is C18H18N8O2. The van der Waals surface area contributed by atoms with Gasteiger partial charge in [-0.2, -0.15) is 10.5 Å². The number of nitrogen functional groups attached to an aromatic ring is 2. The van der Waals surface area contributed by atoms with Crippen molar-refractivity contribution >= 4 is 23.3 Å². The predicted molar refractivity (Wildman–Crippen MR) is 104 cm³/mol. The van der Waals surface area contributed by atoms with Crippen molar-refractivity contribution in [3.8, 4) is 23.8 Å². The summed E-state index contributed by atoms with van der Waals surface area (Å²) in [5.74, 6) is 1.62. The highest BCUT2D eigenvalue weighted by atomic mass is 16.5. The van der Waals surface area contributed by atoms with E-state index in [1.807, 2.05) is 25.3 Å². The molecule has 0 radical (unpaired) electrons. The molecule has 0 amide bonds. The highest BCUT2D eigenvalue weighted by Crippen LogP contribution is 2.44. The van der Waals surface area contributed by atoms with Crippen molar-refractivity contribution in [2.24, 2.45) is 4.99 Å². The largest absolute Gasteiger partial charge is 0.496 e. The number of guanidine groups is 1. The van der Waals surface area contributed by atoms with Gasteiger partial charge in [-0.1, -0.05) is 0 Å². The minimum Gasteiger partial charge on any atom is -0.496 e. The SMILES string of the molecule is COc1cc(C2N=C(NC#N)Nc3nc(N)c(C#N)c(N)c32)c(OC)cc1C. The zero-order valence-electron chi connectivity index (χ0n) is 15.5. The molecule has 142 valence electrons. The Hall–Kier alpha value is -4.18. The number of nitriles is 2. The second-order valence-corrected chi connectivity index (χ2v) is 5.97. The Bertz CT molecular complexity index is 1060. The smallest absolute Gasteiger partial charge is 0.211 e. The number of anilines is 3. The van der Waals surface area contributed by atoms with Crippen LogP contribution in [-0.2, 0) is 0 Å². The number of benzene rings is 1. The number of nitrogens with zero attached hydrogens (tertiary/aromatic N) is 4. The molecule has 0 bridgehead atoms. The van der Waals surface area contributed by atoms with Gasteiger partial charge in [-0.05, 0) is 24.6 Å². The zero-order chi connectivity index (χ0) is 20.4. The third-order valence-electron chi connectivity index (χ3n) is 4.40. The van der Waals surface area contributed by atoms with Crippen molar-refractivity contribution in [1.82, 2.24) is 10.3 Å². The van der Waals surface area contributed by atoms with E-state index in [4.69, 9.17) is 26.2 Å². The minimum atomic E-state index is -0.711. The van der Waals surface area contributed by atoms with Gasteiger partial charge in [0.25, 0.3) is 0 Å². The fourth-order valence-electron chi connectivity index (χ4n) is 3.09. The first-order valence-electron chi connectivity index (χ1n) is 8.16. The number of nitrogens with one attached hydrogen (secondary N) is 2. The molecule has 1 aliphatic heterocycles. The van der Waals surface area contributed by atoms with Gasteiger partial charge >= 0.3 is 0 Å². The van der Waals surface area contributed by atoms with E-state index in [9.17, 15) is 5.26 Å². The molecule has 2 heterocycles. The van der Waals surface area contributed by atoms with E-state index in [-0.39, 0.29) is 23.0 Å². The number of aliphatic imine (C=N–C) groups is 1. The van der Waals surface area contributed by atoms with Crippen molar-refractivity contribution in [1.29, 1.82) is 10.5 Å². The fraction of sp³-hybridized carbons (Fsp3) is 0.222. The maximum atomic E-state index is 9.41. The molecule has 0 fully saturated rings. The Labute approximate surface area is 161 Å². The van der Waals surface area contributed by atoms with Crippen LogP contribution in [0.25, 0.3) is 0 Å². The molecule has 2 aromatic rings. The van der Waals surface area contributed by atoms with Crippen molar-refractivity contribution in [2.45, 2.75) is 13.0 Å². The van der Waals surface area contributed by atoms with E-state index in [1.165, 1.54) is 7.11 Å². The summed E-state index contributed by atoms with van der Waals surface area (Å²) < 4.78 is 11.0. The maximum Gasteiger partial charge on any atom is 0.211 e. The van der Waals surface area contributed by atoms with Crippen LogP contribution in [0.4, 0.5) is 17.3 Å². The number of pyridine rings is 1. The molecule has 3 rings (SSSR count). The molecule has 0 spiro atoms. The van der Waals surface area contributed by atoms with Gasteiger partial charge < -0.3 is 26.3 Å². The Morgan fingerprint density at radius 3 is 2.50 bits per heavy atom. The number of ether oxygens (including phenoxy) is 2. The Balaban J connectivity index is 2.32. The summed E-state index contributed by atoms with van der Waals surface area (Å²) in [6.07, 6.45) is 1.81. The van der Waals surface area contributed by atoms with Crippen LogP contribution in [0.2, 0.25) is 0 Å². The molecular weight excluding hydrogens is 360 g/mol. The lowest BCUT2D eigenvalue weighted by Gasteiger charge is -2.27. The molecule has 0 saturated heterocycles. The monoisotopic (exact) mass is 378 g/mol. The molecule has 0 aliphatic carbocycles. The summed E-state index contributed by atoms with van der Waals surface area (Å²) in [5.41, 5.74) is 14.3. The van der Waals surface area contributed by atoms with Crippen molar-refractivity contribution in [2.75, 3.05) is 31.0 Å². The highest BCUT2D eigenvalue weighted by Gasteiger charge is 2.32. The van der Waals surface area contributed by atoms with Crippen LogP contribution >= 0.6 is 0 Å². The van der Waals surface area contributed by atoms with Gasteiger partial charge in [0.1, 0.15) is 40.8 Å². The van der Waals surface area contributed by atoms with E-state index in [0.717, 1.165) is 5.56 Å². The summed E-state index contributed by atoms with van der Waals surface area (Å²) in [7, 11) is 3.10. The van der Waals surface area contributed by atoms with Crippen LogP contribution < -0.4 is 31.6 Å². The van der Waals surface area contributed by atoms with Gasteiger partial charge in [-0.3, -0.25) is 5.32 Å². The summed E-state index contributed by atoms with van der Waals surface area (Å²) in [6.45, 7) is 1.89. The highest BCUT2D eigenvalue weighted by molar-refractivity contribution is 5.98. The number of aromatic nitrogens is 1. The average Bonchev–Trinajstić information content (AvgIpc) is 2.67. The van der Waals surface area contributed by atoms with Gasteiger partial charge in [-0.25, -0.2) is 9.98 Å². The first-order chi connectivity index (χ1) is 13.4. The third-order valence-corrected chi connectivity index (χ3v) is 4.40. The van der Waals surface area contributed by atoms with Crippen LogP contribution in [-0.4, -0.2) is 25.2 Å². The van der Waals surface area contributed by atoms with Gasteiger partial charge in [-0.15, -0.1) is 0 Å². The van der Waals surface area contributed by atoms with Crippen molar-refractivity contribution < 1.29 is 9.47 Å². The first-order valence-corrected chi connectivity index (χ1v) is 8.16. The molecule has 1 aromatic carbocycles. The normalized spacial score (nSPS) is 14.6. The Kier molecular flexibility index (Phi) is 4.79. The summed E-state index contributed by atoms with van der Waals surface area (Å²) in [4.78, 5) is 8.76. The van der Waals surface area contributed by atoms with E-state index in [2.05, 4.69) is 20.6 Å². The van der Waals surface area contributed by atoms with Crippen LogP contribution in [0.15, 0.2) is 17.1 Å². The van der Waals surface area contributed by atoms with Gasteiger partial charge in [0.15, 0.2) is 6.19 Å². The van der Waals surface area contributed by atoms with E-state index in [0.29, 0.717) is 28.4 Å². The second-order valence-electron chi connectivity index (χ2n) is 5.97. The standard InChI is InChI=1S/C18H18N8O2/c1-8-4-12(28-3)9(5-11(8)27-2)15-13-14(21)10(6-19)16(22)25-17(13)26-18(24-15)23-7-20/h4-5,15H,1-3H3,(H6,21,22,23,24,25,26). The molecule has 28 heavy (non-hydrogen) atoms. The van der Waals surface area contributed by atoms with Crippen LogP contribution in [0, 0.1) is 29.7 Å². The number of hydrogen-bond donors (Lipinski definition) is 4. The third kappa shape index (κ3) is 2.93. The summed E-state index contributed by atoms with van der Waals surface area (Å²) >= 11 is 0. The minimum absolute atomic E-state index is 0.0170.